The van der Waals surface area contributed by atoms with Gasteiger partial charge in [-0.3, -0.25) is 4.68 Å². The van der Waals surface area contributed by atoms with Gasteiger partial charge in [0.2, 0.25) is 0 Å². The minimum Gasteiger partial charge on any atom is -0.368 e. The first kappa shape index (κ1) is 11.3. The molecule has 0 spiro atoms. The number of nitrogens with two attached hydrogens (primary N) is 1. The summed E-state index contributed by atoms with van der Waals surface area (Å²) in [5.41, 5.74) is 2.49. The van der Waals surface area contributed by atoms with Gasteiger partial charge in [-0.1, -0.05) is 5.21 Å². The van der Waals surface area contributed by atoms with Crippen molar-refractivity contribution in [2.24, 2.45) is 5.84 Å². The molecule has 0 atom stereocenters. The average Bonchev–Trinajstić information content (AvgIpc) is 2.81. The summed E-state index contributed by atoms with van der Waals surface area (Å²) in [7, 11) is 0. The lowest BCUT2D eigenvalue weighted by Gasteiger charge is -2.07. The summed E-state index contributed by atoms with van der Waals surface area (Å²) >= 11 is 0. The number of anilines is 2. The Kier molecular flexibility index (Phi) is 3.46. The van der Waals surface area contributed by atoms with Gasteiger partial charge in [0.25, 0.3) is 0 Å². The van der Waals surface area contributed by atoms with Gasteiger partial charge in [-0.2, -0.15) is 0 Å². The largest absolute Gasteiger partial charge is 0.368 e. The minimum absolute atomic E-state index is 0.584. The molecule has 17 heavy (non-hydrogen) atoms. The maximum absolute atomic E-state index is 5.30. The summed E-state index contributed by atoms with van der Waals surface area (Å²) < 4.78 is 1.74. The number of aromatic nitrogens is 5. The molecule has 8 nitrogen and oxygen atoms in total. The second kappa shape index (κ2) is 5.21. The van der Waals surface area contributed by atoms with E-state index in [1.807, 2.05) is 6.92 Å². The first-order valence-electron chi connectivity index (χ1n) is 5.18. The maximum atomic E-state index is 5.30. The van der Waals surface area contributed by atoms with Crippen LogP contribution in [-0.4, -0.2) is 31.5 Å². The highest BCUT2D eigenvalue weighted by molar-refractivity contribution is 5.46. The van der Waals surface area contributed by atoms with E-state index < -0.39 is 0 Å². The predicted molar refractivity (Wildman–Crippen MR) is 63.1 cm³/mol. The Bertz CT molecular complexity index is 466. The third-order valence-electron chi connectivity index (χ3n) is 2.10. The van der Waals surface area contributed by atoms with Crippen molar-refractivity contribution in [3.05, 3.63) is 24.3 Å². The van der Waals surface area contributed by atoms with Crippen LogP contribution in [0.3, 0.4) is 0 Å². The van der Waals surface area contributed by atoms with Crippen LogP contribution < -0.4 is 16.6 Å². The van der Waals surface area contributed by atoms with Crippen molar-refractivity contribution >= 4 is 11.6 Å². The molecule has 4 N–H and O–H groups in total. The molecule has 2 rings (SSSR count). The molecule has 0 aromatic carbocycles. The quantitative estimate of drug-likeness (QED) is 0.484. The zero-order valence-electron chi connectivity index (χ0n) is 9.46. The zero-order valence-corrected chi connectivity index (χ0v) is 9.46. The third kappa shape index (κ3) is 3.11. The Morgan fingerprint density at radius 2 is 2.18 bits per heavy atom. The van der Waals surface area contributed by atoms with Gasteiger partial charge in [0.15, 0.2) is 0 Å². The molecular formula is C9H14N8. The molecule has 8 heteroatoms. The van der Waals surface area contributed by atoms with Crippen LogP contribution in [0.25, 0.3) is 0 Å². The molecular weight excluding hydrogens is 220 g/mol. The van der Waals surface area contributed by atoms with Gasteiger partial charge in [0, 0.05) is 18.8 Å². The smallest absolute Gasteiger partial charge is 0.145 e. The van der Waals surface area contributed by atoms with Crippen molar-refractivity contribution in [1.82, 2.24) is 25.0 Å². The van der Waals surface area contributed by atoms with Gasteiger partial charge in [0.1, 0.15) is 17.5 Å². The van der Waals surface area contributed by atoms with Crippen molar-refractivity contribution in [2.45, 2.75) is 13.5 Å². The Balaban J connectivity index is 1.92. The fourth-order valence-corrected chi connectivity index (χ4v) is 1.38. The van der Waals surface area contributed by atoms with Crippen molar-refractivity contribution in [3.63, 3.8) is 0 Å². The molecule has 0 unspecified atom stereocenters. The van der Waals surface area contributed by atoms with E-state index in [0.717, 1.165) is 5.82 Å². The molecule has 0 bridgehead atoms. The summed E-state index contributed by atoms with van der Waals surface area (Å²) in [6.07, 6.45) is 3.45. The Morgan fingerprint density at radius 3 is 2.88 bits per heavy atom. The zero-order chi connectivity index (χ0) is 12.1. The minimum atomic E-state index is 0.584. The van der Waals surface area contributed by atoms with Gasteiger partial charge in [0.05, 0.1) is 12.7 Å². The van der Waals surface area contributed by atoms with Gasteiger partial charge >= 0.3 is 0 Å². The highest BCUT2D eigenvalue weighted by atomic mass is 15.4. The number of hydrazine groups is 1. The number of nitrogens with one attached hydrogen (secondary N) is 2. The van der Waals surface area contributed by atoms with Crippen LogP contribution in [0.5, 0.6) is 0 Å². The summed E-state index contributed by atoms with van der Waals surface area (Å²) in [4.78, 5) is 8.33. The van der Waals surface area contributed by atoms with Crippen LogP contribution in [0.4, 0.5) is 11.6 Å². The number of hydrogen-bond donors (Lipinski definition) is 3. The molecule has 2 aromatic heterocycles. The summed E-state index contributed by atoms with van der Waals surface area (Å²) in [5.74, 6) is 7.27. The molecule has 0 saturated heterocycles. The molecule has 2 aromatic rings. The maximum Gasteiger partial charge on any atom is 0.145 e. The van der Waals surface area contributed by atoms with Crippen LogP contribution in [0, 0.1) is 6.92 Å². The lowest BCUT2D eigenvalue weighted by molar-refractivity contribution is 0.608. The van der Waals surface area contributed by atoms with Crippen molar-refractivity contribution in [3.8, 4) is 0 Å². The van der Waals surface area contributed by atoms with E-state index in [-0.39, 0.29) is 0 Å². The topological polar surface area (TPSA) is 107 Å². The number of nitrogen functional groups attached to an aromatic ring is 1. The monoisotopic (exact) mass is 234 g/mol. The highest BCUT2D eigenvalue weighted by Gasteiger charge is 2.00. The Morgan fingerprint density at radius 1 is 1.35 bits per heavy atom. The molecule has 2 heterocycles. The van der Waals surface area contributed by atoms with E-state index in [2.05, 4.69) is 31.0 Å². The van der Waals surface area contributed by atoms with E-state index in [0.29, 0.717) is 24.7 Å². The molecule has 0 radical (unpaired) electrons. The third-order valence-corrected chi connectivity index (χ3v) is 2.10. The molecule has 0 fully saturated rings. The molecule has 0 saturated carbocycles. The highest BCUT2D eigenvalue weighted by Crippen LogP contribution is 2.09. The van der Waals surface area contributed by atoms with Gasteiger partial charge < -0.3 is 10.7 Å². The lowest BCUT2D eigenvalue weighted by atomic mass is 10.5. The van der Waals surface area contributed by atoms with Crippen LogP contribution in [0.1, 0.15) is 5.82 Å². The average molecular weight is 234 g/mol. The van der Waals surface area contributed by atoms with Crippen LogP contribution in [0.15, 0.2) is 18.5 Å². The van der Waals surface area contributed by atoms with E-state index in [1.54, 1.807) is 23.1 Å². The van der Waals surface area contributed by atoms with Crippen LogP contribution in [-0.2, 0) is 6.54 Å². The van der Waals surface area contributed by atoms with Crippen molar-refractivity contribution < 1.29 is 0 Å². The lowest BCUT2D eigenvalue weighted by Crippen LogP contribution is -2.14. The molecule has 90 valence electrons. The van der Waals surface area contributed by atoms with Gasteiger partial charge in [-0.05, 0) is 6.92 Å². The summed E-state index contributed by atoms with van der Waals surface area (Å²) in [6.45, 7) is 3.22. The molecule has 0 aliphatic carbocycles. The predicted octanol–water partition coefficient (Wildman–Crippen LogP) is -0.226. The second-order valence-corrected chi connectivity index (χ2v) is 3.42. The first-order valence-corrected chi connectivity index (χ1v) is 5.18. The van der Waals surface area contributed by atoms with E-state index in [1.165, 1.54) is 0 Å². The second-order valence-electron chi connectivity index (χ2n) is 3.42. The number of hydrogen-bond acceptors (Lipinski definition) is 7. The fraction of sp³-hybridized carbons (Fsp3) is 0.333. The number of rotatable bonds is 5. The molecule has 0 aliphatic heterocycles. The Hall–Kier alpha value is -2.22. The number of aryl methyl sites for hydroxylation is 1. The standard InChI is InChI=1S/C9H14N8/c1-7-13-8(6-9(14-7)15-10)11-2-4-17-5-3-12-16-17/h3,5-6H,2,4,10H2,1H3,(H2,11,13,14,15). The van der Waals surface area contributed by atoms with Gasteiger partial charge in [-0.15, -0.1) is 5.10 Å². The van der Waals surface area contributed by atoms with Crippen LogP contribution in [0.2, 0.25) is 0 Å². The van der Waals surface area contributed by atoms with E-state index in [9.17, 15) is 0 Å². The van der Waals surface area contributed by atoms with Crippen molar-refractivity contribution in [1.29, 1.82) is 0 Å². The Labute approximate surface area is 98.2 Å². The summed E-state index contributed by atoms with van der Waals surface area (Å²) in [6, 6.07) is 1.74. The first-order chi connectivity index (χ1) is 8.28. The molecule has 0 amide bonds. The fourth-order valence-electron chi connectivity index (χ4n) is 1.38. The summed E-state index contributed by atoms with van der Waals surface area (Å²) in [5, 5.41) is 10.7. The van der Waals surface area contributed by atoms with Crippen LogP contribution >= 0.6 is 0 Å². The SMILES string of the molecule is Cc1nc(NN)cc(NCCn2ccnn2)n1. The molecule has 0 aliphatic rings. The normalized spacial score (nSPS) is 10.2. The van der Waals surface area contributed by atoms with E-state index >= 15 is 0 Å². The van der Waals surface area contributed by atoms with E-state index in [4.69, 9.17) is 5.84 Å². The number of nitrogens with zero attached hydrogens (tertiary/aromatic N) is 5. The van der Waals surface area contributed by atoms with Crippen molar-refractivity contribution in [2.75, 3.05) is 17.3 Å². The van der Waals surface area contributed by atoms with Gasteiger partial charge in [-0.25, -0.2) is 15.8 Å².